The van der Waals surface area contributed by atoms with E-state index in [0.717, 1.165) is 6.67 Å². The molecule has 0 amide bonds. The van der Waals surface area contributed by atoms with Crippen molar-refractivity contribution >= 4 is 23.0 Å². The van der Waals surface area contributed by atoms with Crippen LogP contribution in [0.3, 0.4) is 0 Å². The molecule has 0 fully saturated rings. The molecule has 0 spiro atoms. The molecule has 1 rings (SSSR count). The van der Waals surface area contributed by atoms with Crippen molar-refractivity contribution in [2.75, 3.05) is 26.9 Å². The first-order chi connectivity index (χ1) is 5.72. The third-order valence-corrected chi connectivity index (χ3v) is 1.57. The minimum Gasteiger partial charge on any atom is -0.465 e. The second-order valence-electron chi connectivity index (χ2n) is 2.75. The van der Waals surface area contributed by atoms with Crippen molar-refractivity contribution in [2.45, 2.75) is 6.92 Å². The Morgan fingerprint density at radius 1 is 1.54 bits per heavy atom. The lowest BCUT2D eigenvalue weighted by atomic mass is 10.6. The summed E-state index contributed by atoms with van der Waals surface area (Å²) in [6.07, 6.45) is 3.82. The third kappa shape index (κ3) is 4.17. The Kier molecular flexibility index (Phi) is 5.53. The van der Waals surface area contributed by atoms with Crippen LogP contribution in [-0.4, -0.2) is 42.6 Å². The van der Waals surface area contributed by atoms with Crippen molar-refractivity contribution in [3.05, 3.63) is 12.4 Å². The van der Waals surface area contributed by atoms with Gasteiger partial charge in [0.25, 0.3) is 0 Å². The van der Waals surface area contributed by atoms with E-state index in [2.05, 4.69) is 0 Å². The predicted octanol–water partition coefficient (Wildman–Crippen LogP) is 0.804. The molecule has 0 radical (unpaired) electrons. The van der Waals surface area contributed by atoms with Crippen molar-refractivity contribution in [3.8, 4) is 0 Å². The topological polar surface area (TPSA) is 32.8 Å². The van der Waals surface area contributed by atoms with Gasteiger partial charge in [0.05, 0.1) is 13.3 Å². The van der Waals surface area contributed by atoms with Crippen molar-refractivity contribution in [1.29, 1.82) is 0 Å². The number of ether oxygens (including phenoxy) is 1. The van der Waals surface area contributed by atoms with E-state index in [4.69, 9.17) is 4.74 Å². The Balaban J connectivity index is 0.00000144. The average Bonchev–Trinajstić information content (AvgIpc) is 2.36. The van der Waals surface area contributed by atoms with Gasteiger partial charge < -0.3 is 14.5 Å². The number of hydrogen-bond acceptors (Lipinski definition) is 4. The molecule has 1 heterocycles. The highest BCUT2D eigenvalue weighted by molar-refractivity contribution is 8.93. The van der Waals surface area contributed by atoms with E-state index >= 15 is 0 Å². The summed E-state index contributed by atoms with van der Waals surface area (Å²) in [4.78, 5) is 14.9. The molecule has 76 valence electrons. The quantitative estimate of drug-likeness (QED) is 0.695. The van der Waals surface area contributed by atoms with Crippen molar-refractivity contribution in [3.63, 3.8) is 0 Å². The number of halogens is 1. The van der Waals surface area contributed by atoms with Crippen LogP contribution in [0, 0.1) is 0 Å². The molecule has 0 unspecified atom stereocenters. The summed E-state index contributed by atoms with van der Waals surface area (Å²) >= 11 is 0. The molecular weight excluding hydrogens is 236 g/mol. The third-order valence-electron chi connectivity index (χ3n) is 1.57. The summed E-state index contributed by atoms with van der Waals surface area (Å²) in [5, 5.41) is 0. The van der Waals surface area contributed by atoms with Crippen LogP contribution >= 0.6 is 17.0 Å². The largest absolute Gasteiger partial charge is 0.465 e. The summed E-state index contributed by atoms with van der Waals surface area (Å²) in [5.74, 6) is -0.169. The molecule has 5 heteroatoms. The maximum atomic E-state index is 11.0. The summed E-state index contributed by atoms with van der Waals surface area (Å²) in [5.41, 5.74) is 0. The second kappa shape index (κ2) is 5.85. The molecule has 0 saturated carbocycles. The van der Waals surface area contributed by atoms with Crippen LogP contribution < -0.4 is 0 Å². The van der Waals surface area contributed by atoms with Crippen LogP contribution in [0.25, 0.3) is 0 Å². The SMILES string of the molecule is Br.CCOC(=O)CN1C=CN(C)C1. The van der Waals surface area contributed by atoms with Gasteiger partial charge in [-0.1, -0.05) is 0 Å². The summed E-state index contributed by atoms with van der Waals surface area (Å²) in [6.45, 7) is 3.36. The molecule has 4 nitrogen and oxygen atoms in total. The fraction of sp³-hybridized carbons (Fsp3) is 0.625. The minimum absolute atomic E-state index is 0. The highest BCUT2D eigenvalue weighted by atomic mass is 79.9. The Morgan fingerprint density at radius 2 is 2.23 bits per heavy atom. The van der Waals surface area contributed by atoms with E-state index in [1.807, 2.05) is 36.2 Å². The van der Waals surface area contributed by atoms with Crippen LogP contribution in [-0.2, 0) is 9.53 Å². The van der Waals surface area contributed by atoms with Crippen LogP contribution in [0.1, 0.15) is 6.92 Å². The smallest absolute Gasteiger partial charge is 0.325 e. The van der Waals surface area contributed by atoms with Gasteiger partial charge >= 0.3 is 5.97 Å². The van der Waals surface area contributed by atoms with Gasteiger partial charge in [0.15, 0.2) is 0 Å². The normalized spacial score (nSPS) is 14.3. The molecule has 0 bridgehead atoms. The van der Waals surface area contributed by atoms with E-state index in [1.54, 1.807) is 0 Å². The lowest BCUT2D eigenvalue weighted by Gasteiger charge is -2.16. The van der Waals surface area contributed by atoms with Gasteiger partial charge in [0, 0.05) is 19.4 Å². The van der Waals surface area contributed by atoms with E-state index in [0.29, 0.717) is 13.2 Å². The molecule has 0 aromatic heterocycles. The van der Waals surface area contributed by atoms with Crippen molar-refractivity contribution in [1.82, 2.24) is 9.80 Å². The fourth-order valence-electron chi connectivity index (χ4n) is 1.06. The standard InChI is InChI=1S/C8H14N2O2.BrH/c1-3-12-8(11)6-10-5-4-9(2)7-10;/h4-5H,3,6-7H2,1-2H3;1H. The molecule has 0 aromatic carbocycles. The van der Waals surface area contributed by atoms with Crippen molar-refractivity contribution < 1.29 is 9.53 Å². The molecule has 0 aromatic rings. The Bertz CT molecular complexity index is 197. The molecule has 0 aliphatic carbocycles. The van der Waals surface area contributed by atoms with Gasteiger partial charge in [-0.25, -0.2) is 0 Å². The Labute approximate surface area is 88.9 Å². The lowest BCUT2D eigenvalue weighted by molar-refractivity contribution is -0.143. The molecule has 0 saturated heterocycles. The summed E-state index contributed by atoms with van der Waals surface area (Å²) in [6, 6.07) is 0. The van der Waals surface area contributed by atoms with Gasteiger partial charge in [-0.3, -0.25) is 4.79 Å². The van der Waals surface area contributed by atoms with E-state index in [9.17, 15) is 4.79 Å². The minimum atomic E-state index is -0.169. The molecule has 1 aliphatic heterocycles. The van der Waals surface area contributed by atoms with Gasteiger partial charge in [-0.2, -0.15) is 0 Å². The van der Waals surface area contributed by atoms with Crippen molar-refractivity contribution in [2.24, 2.45) is 0 Å². The van der Waals surface area contributed by atoms with Gasteiger partial charge in [0.2, 0.25) is 0 Å². The Morgan fingerprint density at radius 3 is 2.69 bits per heavy atom. The maximum Gasteiger partial charge on any atom is 0.325 e. The number of carbonyl (C=O) groups is 1. The second-order valence-corrected chi connectivity index (χ2v) is 2.75. The Hall–Kier alpha value is -0.710. The lowest BCUT2D eigenvalue weighted by Crippen LogP contribution is -2.29. The number of rotatable bonds is 3. The van der Waals surface area contributed by atoms with Crippen LogP contribution in [0.5, 0.6) is 0 Å². The first-order valence-corrected chi connectivity index (χ1v) is 4.00. The van der Waals surface area contributed by atoms with E-state index in [1.165, 1.54) is 0 Å². The van der Waals surface area contributed by atoms with Crippen LogP contribution in [0.4, 0.5) is 0 Å². The fourth-order valence-corrected chi connectivity index (χ4v) is 1.06. The zero-order valence-corrected chi connectivity index (χ0v) is 9.61. The maximum absolute atomic E-state index is 11.0. The zero-order chi connectivity index (χ0) is 8.97. The summed E-state index contributed by atoms with van der Waals surface area (Å²) < 4.78 is 4.81. The van der Waals surface area contributed by atoms with Gasteiger partial charge in [-0.15, -0.1) is 17.0 Å². The van der Waals surface area contributed by atoms with Crippen LogP contribution in [0.2, 0.25) is 0 Å². The van der Waals surface area contributed by atoms with E-state index in [-0.39, 0.29) is 23.0 Å². The monoisotopic (exact) mass is 250 g/mol. The highest BCUT2D eigenvalue weighted by Crippen LogP contribution is 2.02. The molecule has 13 heavy (non-hydrogen) atoms. The van der Waals surface area contributed by atoms with Gasteiger partial charge in [0.1, 0.15) is 6.54 Å². The zero-order valence-electron chi connectivity index (χ0n) is 7.90. The van der Waals surface area contributed by atoms with E-state index < -0.39 is 0 Å². The number of nitrogens with zero attached hydrogens (tertiary/aromatic N) is 2. The number of hydrogen-bond donors (Lipinski definition) is 0. The highest BCUT2D eigenvalue weighted by Gasteiger charge is 2.12. The average molecular weight is 251 g/mol. The van der Waals surface area contributed by atoms with Crippen LogP contribution in [0.15, 0.2) is 12.4 Å². The molecule has 0 atom stereocenters. The number of carbonyl (C=O) groups excluding carboxylic acids is 1. The van der Waals surface area contributed by atoms with Gasteiger partial charge in [-0.05, 0) is 6.92 Å². The number of esters is 1. The molecule has 0 N–H and O–H groups in total. The predicted molar refractivity (Wildman–Crippen MR) is 55.4 cm³/mol. The first-order valence-electron chi connectivity index (χ1n) is 4.00. The molecular formula is C8H15BrN2O2. The molecule has 1 aliphatic rings. The first kappa shape index (κ1) is 12.3. The summed E-state index contributed by atoms with van der Waals surface area (Å²) in [7, 11) is 1.96.